The average molecular weight is 509 g/mol. The number of nitro groups is 1. The van der Waals surface area contributed by atoms with E-state index in [4.69, 9.17) is 14.6 Å². The highest BCUT2D eigenvalue weighted by Crippen LogP contribution is 2.32. The van der Waals surface area contributed by atoms with E-state index >= 15 is 0 Å². The van der Waals surface area contributed by atoms with Gasteiger partial charge in [0.15, 0.2) is 0 Å². The Labute approximate surface area is 214 Å². The second kappa shape index (κ2) is 15.2. The number of benzene rings is 2. The lowest BCUT2D eigenvalue weighted by atomic mass is 10.1. The van der Waals surface area contributed by atoms with E-state index < -0.39 is 10.9 Å². The van der Waals surface area contributed by atoms with Crippen molar-refractivity contribution in [2.45, 2.75) is 40.5 Å². The molecule has 12 nitrogen and oxygen atoms in total. The number of hydrogen-bond acceptors (Lipinski definition) is 10. The minimum absolute atomic E-state index is 0.0139. The summed E-state index contributed by atoms with van der Waals surface area (Å²) in [6.07, 6.45) is 2.00. The Bertz CT molecular complexity index is 1210. The van der Waals surface area contributed by atoms with Gasteiger partial charge in [-0.1, -0.05) is 13.3 Å². The number of unbranched alkanes of at least 4 members (excludes halogenated alkanes) is 1. The van der Waals surface area contributed by atoms with Crippen LogP contribution in [0.15, 0.2) is 40.6 Å². The number of anilines is 1. The number of hydrogen-bond donors (Lipinski definition) is 1. The van der Waals surface area contributed by atoms with Gasteiger partial charge in [0.2, 0.25) is 0 Å². The maximum absolute atomic E-state index is 11.1. The van der Waals surface area contributed by atoms with Gasteiger partial charge < -0.3 is 14.7 Å². The van der Waals surface area contributed by atoms with Crippen LogP contribution in [0.1, 0.15) is 50.3 Å². The third kappa shape index (κ3) is 10.1. The van der Waals surface area contributed by atoms with E-state index in [-0.39, 0.29) is 35.1 Å². The van der Waals surface area contributed by atoms with E-state index in [0.29, 0.717) is 12.2 Å². The van der Waals surface area contributed by atoms with Crippen LogP contribution in [0.2, 0.25) is 0 Å². The Hall–Kier alpha value is -4.84. The van der Waals surface area contributed by atoms with Crippen LogP contribution in [-0.2, 0) is 14.3 Å². The summed E-state index contributed by atoms with van der Waals surface area (Å²) in [5.41, 5.74) is 1.70. The molecule has 2 rings (SSSR count). The van der Waals surface area contributed by atoms with Crippen LogP contribution in [0.5, 0.6) is 0 Å². The number of carbonyl (C=O) groups excluding carboxylic acids is 1. The number of carbonyl (C=O) groups is 2. The van der Waals surface area contributed by atoms with Crippen molar-refractivity contribution in [1.82, 2.24) is 0 Å². The quantitative estimate of drug-likeness (QED) is 0.192. The number of nitrogens with zero attached hydrogens (tertiary/aromatic N) is 6. The number of aliphatic carboxylic acids is 1. The second-order valence-electron chi connectivity index (χ2n) is 7.74. The van der Waals surface area contributed by atoms with Crippen LogP contribution >= 0.6 is 0 Å². The van der Waals surface area contributed by atoms with Crippen molar-refractivity contribution >= 4 is 34.7 Å². The van der Waals surface area contributed by atoms with E-state index in [1.807, 2.05) is 31.2 Å². The molecule has 0 aliphatic carbocycles. The first-order valence-electron chi connectivity index (χ1n) is 11.3. The number of carboxylic acid groups (broad SMARTS) is 1. The summed E-state index contributed by atoms with van der Waals surface area (Å²) in [5, 5.41) is 45.4. The van der Waals surface area contributed by atoms with Gasteiger partial charge in [-0.2, -0.15) is 15.6 Å². The molecule has 2 aromatic carbocycles. The molecule has 0 aliphatic heterocycles. The molecule has 0 aliphatic rings. The van der Waals surface area contributed by atoms with Crippen molar-refractivity contribution in [2.75, 3.05) is 24.6 Å². The number of ether oxygens (including phenoxy) is 1. The first-order chi connectivity index (χ1) is 17.5. The Morgan fingerprint density at radius 3 is 2.16 bits per heavy atom. The van der Waals surface area contributed by atoms with Crippen LogP contribution < -0.4 is 4.90 Å². The molecule has 0 atom stereocenters. The summed E-state index contributed by atoms with van der Waals surface area (Å²) in [6, 6.07) is 11.4. The molecule has 0 spiro atoms. The second-order valence-corrected chi connectivity index (χ2v) is 7.74. The van der Waals surface area contributed by atoms with Crippen molar-refractivity contribution in [1.29, 1.82) is 10.5 Å². The van der Waals surface area contributed by atoms with E-state index in [2.05, 4.69) is 22.1 Å². The number of azo groups is 1. The van der Waals surface area contributed by atoms with E-state index in [1.165, 1.54) is 6.92 Å². The fourth-order valence-corrected chi connectivity index (χ4v) is 3.07. The van der Waals surface area contributed by atoms with Crippen molar-refractivity contribution in [3.05, 3.63) is 57.1 Å². The number of carboxylic acids is 1. The average Bonchev–Trinajstić information content (AvgIpc) is 2.84. The summed E-state index contributed by atoms with van der Waals surface area (Å²) in [6.45, 7) is 8.06. The number of nitro benzene ring substituents is 1. The number of esters is 1. The van der Waals surface area contributed by atoms with Crippen molar-refractivity contribution in [3.63, 3.8) is 0 Å². The lowest BCUT2D eigenvalue weighted by Crippen LogP contribution is -2.29. The fraction of sp³-hybridized carbons (Fsp3) is 0.360. The summed E-state index contributed by atoms with van der Waals surface area (Å²) >= 11 is 0. The molecule has 12 heteroatoms. The van der Waals surface area contributed by atoms with E-state index in [1.54, 1.807) is 6.07 Å². The maximum atomic E-state index is 11.1. The first-order valence-corrected chi connectivity index (χ1v) is 11.3. The van der Waals surface area contributed by atoms with Gasteiger partial charge in [-0.25, -0.2) is 0 Å². The predicted octanol–water partition coefficient (Wildman–Crippen LogP) is 5.32. The number of aryl methyl sites for hydroxylation is 1. The zero-order valence-corrected chi connectivity index (χ0v) is 21.1. The molecule has 0 amide bonds. The molecule has 0 aromatic heterocycles. The normalized spacial score (nSPS) is 10.0. The number of non-ortho nitro benzene ring substituents is 1. The van der Waals surface area contributed by atoms with Gasteiger partial charge in [0.25, 0.3) is 11.7 Å². The van der Waals surface area contributed by atoms with Crippen LogP contribution in [0.4, 0.5) is 22.7 Å². The highest BCUT2D eigenvalue weighted by atomic mass is 16.6. The molecule has 1 N–H and O–H groups in total. The summed E-state index contributed by atoms with van der Waals surface area (Å²) < 4.78 is 5.07. The van der Waals surface area contributed by atoms with Gasteiger partial charge in [0, 0.05) is 38.2 Å². The van der Waals surface area contributed by atoms with Gasteiger partial charge in [0.05, 0.1) is 28.3 Å². The van der Waals surface area contributed by atoms with Gasteiger partial charge in [-0.15, -0.1) is 5.11 Å². The summed E-state index contributed by atoms with van der Waals surface area (Å²) in [5.74, 6) is -1.16. The van der Waals surface area contributed by atoms with E-state index in [0.717, 1.165) is 49.7 Å². The monoisotopic (exact) mass is 508 g/mol. The summed E-state index contributed by atoms with van der Waals surface area (Å²) in [7, 11) is 0. The molecule has 0 saturated heterocycles. The molecular formula is C25H28N6O6. The first kappa shape index (κ1) is 30.2. The number of rotatable bonds is 10. The lowest BCUT2D eigenvalue weighted by Gasteiger charge is -2.25. The molecule has 0 heterocycles. The van der Waals surface area contributed by atoms with Crippen LogP contribution in [0.25, 0.3) is 0 Å². The van der Waals surface area contributed by atoms with Crippen molar-refractivity contribution in [3.8, 4) is 12.1 Å². The minimum atomic E-state index is -0.833. The molecule has 194 valence electrons. The van der Waals surface area contributed by atoms with E-state index in [9.17, 15) is 25.4 Å². The van der Waals surface area contributed by atoms with Crippen LogP contribution in [-0.4, -0.2) is 41.7 Å². The Morgan fingerprint density at radius 1 is 1.11 bits per heavy atom. The smallest absolute Gasteiger partial charge is 0.302 e. The highest BCUT2D eigenvalue weighted by Gasteiger charge is 2.17. The zero-order chi connectivity index (χ0) is 28.0. The molecule has 0 unspecified atom stereocenters. The SMILES string of the molecule is CC(=O)O.CCCCN(CCOC(C)=O)c1ccc(N=Nc2c(C#N)cc([N+](=O)[O-])cc2C#N)c(C)c1. The molecule has 0 saturated carbocycles. The Morgan fingerprint density at radius 2 is 1.70 bits per heavy atom. The number of nitriles is 2. The summed E-state index contributed by atoms with van der Waals surface area (Å²) in [4.78, 5) is 32.6. The third-order valence-corrected chi connectivity index (χ3v) is 4.80. The highest BCUT2D eigenvalue weighted by molar-refractivity contribution is 5.67. The predicted molar refractivity (Wildman–Crippen MR) is 135 cm³/mol. The largest absolute Gasteiger partial charge is 0.481 e. The molecule has 2 aromatic rings. The molecule has 0 fully saturated rings. The lowest BCUT2D eigenvalue weighted by molar-refractivity contribution is -0.384. The van der Waals surface area contributed by atoms with Gasteiger partial charge >= 0.3 is 5.97 Å². The van der Waals surface area contributed by atoms with Crippen molar-refractivity contribution in [2.24, 2.45) is 10.2 Å². The van der Waals surface area contributed by atoms with Gasteiger partial charge in [-0.05, 0) is 37.1 Å². The Kier molecular flexibility index (Phi) is 12.4. The third-order valence-electron chi connectivity index (χ3n) is 4.80. The maximum Gasteiger partial charge on any atom is 0.302 e. The Balaban J connectivity index is 0.00000159. The molecule has 0 bridgehead atoms. The molecule has 0 radical (unpaired) electrons. The van der Waals surface area contributed by atoms with Crippen molar-refractivity contribution < 1.29 is 24.4 Å². The fourth-order valence-electron chi connectivity index (χ4n) is 3.07. The van der Waals surface area contributed by atoms with Gasteiger partial charge in [0.1, 0.15) is 24.4 Å². The standard InChI is InChI=1S/C23H24N6O4.C2H4O2/c1-4-5-8-28(9-10-33-17(3)30)20-6-7-22(16(2)11-20)26-27-23-18(14-24)12-21(29(31)32)13-19(23)15-25;1-2(3)4/h6-7,11-13H,4-5,8-10H2,1-3H3;1H3,(H,3,4). The molecular weight excluding hydrogens is 480 g/mol. The topological polar surface area (TPSA) is 182 Å². The minimum Gasteiger partial charge on any atom is -0.481 e. The van der Waals surface area contributed by atoms with Crippen LogP contribution in [0, 0.1) is 39.7 Å². The molecule has 37 heavy (non-hydrogen) atoms. The van der Waals surface area contributed by atoms with Gasteiger partial charge in [-0.3, -0.25) is 19.7 Å². The van der Waals surface area contributed by atoms with Crippen LogP contribution in [0.3, 0.4) is 0 Å². The zero-order valence-electron chi connectivity index (χ0n) is 21.1.